The van der Waals surface area contributed by atoms with E-state index in [9.17, 15) is 0 Å². The summed E-state index contributed by atoms with van der Waals surface area (Å²) in [6, 6.07) is 1.73. The van der Waals surface area contributed by atoms with Crippen LogP contribution in [0.15, 0.2) is 0 Å². The molecular formula is C18H34N2S. The summed E-state index contributed by atoms with van der Waals surface area (Å²) in [6.45, 7) is 1.37. The topological polar surface area (TPSA) is 6.48 Å². The van der Waals surface area contributed by atoms with Gasteiger partial charge in [0, 0.05) is 18.0 Å². The molecule has 0 radical (unpaired) electrons. The first-order valence-corrected chi connectivity index (χ1v) is 10.8. The van der Waals surface area contributed by atoms with Gasteiger partial charge in [-0.1, -0.05) is 51.4 Å². The maximum Gasteiger partial charge on any atom is 0.0635 e. The molecule has 3 heteroatoms. The molecule has 0 N–H and O–H groups in total. The second-order valence-electron chi connectivity index (χ2n) is 7.33. The van der Waals surface area contributed by atoms with Gasteiger partial charge in [0.1, 0.15) is 0 Å². The summed E-state index contributed by atoms with van der Waals surface area (Å²) >= 11 is 2.04. The minimum atomic E-state index is 0.771. The van der Waals surface area contributed by atoms with E-state index in [1.807, 2.05) is 11.8 Å². The zero-order valence-corrected chi connectivity index (χ0v) is 14.8. The van der Waals surface area contributed by atoms with Gasteiger partial charge in [0.15, 0.2) is 0 Å². The first-order chi connectivity index (χ1) is 10.4. The van der Waals surface area contributed by atoms with E-state index in [1.165, 1.54) is 89.5 Å². The molecule has 0 bridgehead atoms. The zero-order chi connectivity index (χ0) is 14.5. The van der Waals surface area contributed by atoms with E-state index in [2.05, 4.69) is 16.1 Å². The minimum Gasteiger partial charge on any atom is -0.283 e. The van der Waals surface area contributed by atoms with E-state index in [1.54, 1.807) is 0 Å². The molecule has 3 fully saturated rings. The lowest BCUT2D eigenvalue weighted by Gasteiger charge is -2.33. The van der Waals surface area contributed by atoms with Crippen molar-refractivity contribution in [3.05, 3.63) is 0 Å². The predicted molar refractivity (Wildman–Crippen MR) is 93.7 cm³/mol. The highest BCUT2D eigenvalue weighted by Crippen LogP contribution is 2.38. The normalized spacial score (nSPS) is 36.7. The third kappa shape index (κ3) is 3.79. The lowest BCUT2D eigenvalue weighted by atomic mass is 9.98. The van der Waals surface area contributed by atoms with E-state index in [4.69, 9.17) is 0 Å². The van der Waals surface area contributed by atoms with Gasteiger partial charge in [-0.3, -0.25) is 9.80 Å². The van der Waals surface area contributed by atoms with Crippen molar-refractivity contribution in [1.82, 2.24) is 9.80 Å². The van der Waals surface area contributed by atoms with E-state index in [0.717, 1.165) is 18.2 Å². The van der Waals surface area contributed by atoms with Gasteiger partial charge in [-0.2, -0.15) is 0 Å². The minimum absolute atomic E-state index is 0.771. The Balaban J connectivity index is 1.79. The number of hydrogen-bond donors (Lipinski definition) is 0. The molecule has 3 aliphatic rings. The third-order valence-corrected chi connectivity index (χ3v) is 6.52. The van der Waals surface area contributed by atoms with E-state index in [0.29, 0.717) is 0 Å². The molecule has 122 valence electrons. The molecule has 3 unspecified atom stereocenters. The van der Waals surface area contributed by atoms with Gasteiger partial charge in [-0.05, 0) is 38.5 Å². The predicted octanol–water partition coefficient (Wildman–Crippen LogP) is 4.70. The monoisotopic (exact) mass is 310 g/mol. The standard InChI is InChI=1S/C18H34N2S/c1-21-15-20-17-12-8-4-2-3-7-11-16(17)19-14-10-6-5-9-13-18(19)20/h16-18H,2-15H2,1H3. The van der Waals surface area contributed by atoms with Gasteiger partial charge in [-0.25, -0.2) is 0 Å². The fourth-order valence-corrected chi connectivity index (χ4v) is 5.64. The fraction of sp³-hybridized carbons (Fsp3) is 1.00. The quantitative estimate of drug-likeness (QED) is 0.730. The van der Waals surface area contributed by atoms with Crippen LogP contribution >= 0.6 is 11.8 Å². The number of rotatable bonds is 2. The highest BCUT2D eigenvalue weighted by molar-refractivity contribution is 7.98. The number of fused-ring (bicyclic) bond motifs is 3. The molecular weight excluding hydrogens is 276 g/mol. The lowest BCUT2D eigenvalue weighted by molar-refractivity contribution is 0.104. The lowest BCUT2D eigenvalue weighted by Crippen LogP contribution is -2.42. The van der Waals surface area contributed by atoms with E-state index >= 15 is 0 Å². The Morgan fingerprint density at radius 2 is 1.38 bits per heavy atom. The smallest absolute Gasteiger partial charge is 0.0635 e. The number of nitrogens with zero attached hydrogens (tertiary/aromatic N) is 2. The van der Waals surface area contributed by atoms with Gasteiger partial charge in [0.25, 0.3) is 0 Å². The molecule has 0 aromatic carbocycles. The molecule has 0 amide bonds. The SMILES string of the molecule is CSCN1C2CCCCCCCC2N2CCCCCCC21. The van der Waals surface area contributed by atoms with Gasteiger partial charge >= 0.3 is 0 Å². The Labute approximate surface area is 136 Å². The van der Waals surface area contributed by atoms with Gasteiger partial charge < -0.3 is 0 Å². The molecule has 3 atom stereocenters. The Kier molecular flexibility index (Phi) is 6.31. The molecule has 2 nitrogen and oxygen atoms in total. The number of hydrogen-bond acceptors (Lipinski definition) is 3. The van der Waals surface area contributed by atoms with Gasteiger partial charge in [0.05, 0.1) is 6.17 Å². The summed E-state index contributed by atoms with van der Waals surface area (Å²) in [7, 11) is 0. The van der Waals surface area contributed by atoms with E-state index < -0.39 is 0 Å². The fourth-order valence-electron chi connectivity index (χ4n) is 4.98. The van der Waals surface area contributed by atoms with Crippen molar-refractivity contribution in [2.75, 3.05) is 18.7 Å². The molecule has 2 heterocycles. The van der Waals surface area contributed by atoms with Crippen LogP contribution in [0, 0.1) is 0 Å². The van der Waals surface area contributed by atoms with Crippen LogP contribution in [-0.2, 0) is 0 Å². The summed E-state index contributed by atoms with van der Waals surface area (Å²) in [5.74, 6) is 1.25. The van der Waals surface area contributed by atoms with Crippen molar-refractivity contribution in [3.8, 4) is 0 Å². The second-order valence-corrected chi connectivity index (χ2v) is 8.17. The Morgan fingerprint density at radius 1 is 0.762 bits per heavy atom. The summed E-state index contributed by atoms with van der Waals surface area (Å²) in [5, 5.41) is 0. The van der Waals surface area contributed by atoms with Crippen LogP contribution in [-0.4, -0.2) is 46.7 Å². The first-order valence-electron chi connectivity index (χ1n) is 9.42. The molecule has 0 aromatic heterocycles. The van der Waals surface area contributed by atoms with Crippen molar-refractivity contribution in [1.29, 1.82) is 0 Å². The maximum absolute atomic E-state index is 2.95. The first kappa shape index (κ1) is 16.1. The van der Waals surface area contributed by atoms with Crippen LogP contribution in [0.3, 0.4) is 0 Å². The maximum atomic E-state index is 2.95. The molecule has 3 rings (SSSR count). The van der Waals surface area contributed by atoms with Crippen molar-refractivity contribution >= 4 is 11.8 Å². The van der Waals surface area contributed by atoms with Crippen LogP contribution in [0.25, 0.3) is 0 Å². The molecule has 0 aromatic rings. The van der Waals surface area contributed by atoms with Crippen molar-refractivity contribution in [2.24, 2.45) is 0 Å². The van der Waals surface area contributed by atoms with Gasteiger partial charge in [0.2, 0.25) is 0 Å². The van der Waals surface area contributed by atoms with E-state index in [-0.39, 0.29) is 0 Å². The third-order valence-electron chi connectivity index (χ3n) is 5.97. The Hall–Kier alpha value is 0.270. The van der Waals surface area contributed by atoms with Crippen LogP contribution in [0.5, 0.6) is 0 Å². The molecule has 2 aliphatic heterocycles. The average molecular weight is 311 g/mol. The highest BCUT2D eigenvalue weighted by atomic mass is 32.2. The Morgan fingerprint density at radius 3 is 2.14 bits per heavy atom. The van der Waals surface area contributed by atoms with Gasteiger partial charge in [-0.15, -0.1) is 11.8 Å². The highest BCUT2D eigenvalue weighted by Gasteiger charge is 2.45. The Bertz CT molecular complexity index is 294. The summed E-state index contributed by atoms with van der Waals surface area (Å²) < 4.78 is 0. The largest absolute Gasteiger partial charge is 0.283 e. The molecule has 2 saturated heterocycles. The molecule has 0 spiro atoms. The molecule has 21 heavy (non-hydrogen) atoms. The summed E-state index contributed by atoms with van der Waals surface area (Å²) in [6.07, 6.45) is 20.6. The van der Waals surface area contributed by atoms with Crippen LogP contribution < -0.4 is 0 Å². The van der Waals surface area contributed by atoms with Crippen LogP contribution in [0.2, 0.25) is 0 Å². The van der Waals surface area contributed by atoms with Crippen LogP contribution in [0.1, 0.15) is 77.0 Å². The second kappa shape index (κ2) is 8.21. The molecule has 1 saturated carbocycles. The van der Waals surface area contributed by atoms with Crippen LogP contribution in [0.4, 0.5) is 0 Å². The summed E-state index contributed by atoms with van der Waals surface area (Å²) in [5.41, 5.74) is 0. The summed E-state index contributed by atoms with van der Waals surface area (Å²) in [4.78, 5) is 5.86. The number of thioether (sulfide) groups is 1. The average Bonchev–Trinajstić information content (AvgIpc) is 2.77. The molecule has 1 aliphatic carbocycles. The zero-order valence-electron chi connectivity index (χ0n) is 13.9. The van der Waals surface area contributed by atoms with Crippen molar-refractivity contribution in [2.45, 2.75) is 95.3 Å². The van der Waals surface area contributed by atoms with Crippen molar-refractivity contribution in [3.63, 3.8) is 0 Å². The van der Waals surface area contributed by atoms with Crippen molar-refractivity contribution < 1.29 is 0 Å².